The Balaban J connectivity index is 1.61. The lowest BCUT2D eigenvalue weighted by molar-refractivity contribution is -0.0212. The molecule has 0 fully saturated rings. The smallest absolute Gasteiger partial charge is 0.214 e. The van der Waals surface area contributed by atoms with E-state index >= 15 is 0 Å². The molecule has 4 nitrogen and oxygen atoms in total. The first-order valence-corrected chi connectivity index (χ1v) is 10.3. The van der Waals surface area contributed by atoms with Crippen LogP contribution in [0.15, 0.2) is 71.8 Å². The van der Waals surface area contributed by atoms with E-state index in [1.807, 2.05) is 54.4 Å². The molecule has 0 saturated heterocycles. The van der Waals surface area contributed by atoms with E-state index in [0.29, 0.717) is 18.1 Å². The molecule has 3 aromatic carbocycles. The minimum atomic E-state index is -0.444. The Morgan fingerprint density at radius 3 is 2.70 bits per heavy atom. The SMILES string of the molecule is CCOc1cccc2c1O[C@H](c1cccc(Cl)c1)N1N=C(c3ccc(F)cc3)C[C@@H]21. The number of nitrogens with zero attached hydrogens (tertiary/aromatic N) is 2. The van der Waals surface area contributed by atoms with Crippen LogP contribution in [0, 0.1) is 5.82 Å². The Hall–Kier alpha value is -3.05. The maximum Gasteiger partial charge on any atom is 0.214 e. The Morgan fingerprint density at radius 2 is 1.93 bits per heavy atom. The van der Waals surface area contributed by atoms with Crippen LogP contribution in [0.25, 0.3) is 0 Å². The number of fused-ring (bicyclic) bond motifs is 3. The normalized spacial score (nSPS) is 19.6. The van der Waals surface area contributed by atoms with Crippen molar-refractivity contribution in [3.8, 4) is 11.5 Å². The second kappa shape index (κ2) is 7.65. The summed E-state index contributed by atoms with van der Waals surface area (Å²) in [5.74, 6) is 1.19. The third-order valence-corrected chi connectivity index (χ3v) is 5.63. The Morgan fingerprint density at radius 1 is 1.13 bits per heavy atom. The van der Waals surface area contributed by atoms with Crippen molar-refractivity contribution in [2.24, 2.45) is 5.10 Å². The summed E-state index contributed by atoms with van der Waals surface area (Å²) < 4.78 is 25.7. The summed E-state index contributed by atoms with van der Waals surface area (Å²) in [6.45, 7) is 2.50. The highest BCUT2D eigenvalue weighted by Gasteiger charge is 2.42. The van der Waals surface area contributed by atoms with Crippen molar-refractivity contribution < 1.29 is 13.9 Å². The molecule has 0 unspecified atom stereocenters. The van der Waals surface area contributed by atoms with Crippen LogP contribution in [0.5, 0.6) is 11.5 Å². The van der Waals surface area contributed by atoms with Gasteiger partial charge >= 0.3 is 0 Å². The zero-order chi connectivity index (χ0) is 20.7. The molecule has 0 N–H and O–H groups in total. The molecule has 0 saturated carbocycles. The average Bonchev–Trinajstić information content (AvgIpc) is 3.20. The van der Waals surface area contributed by atoms with E-state index < -0.39 is 6.23 Å². The average molecular weight is 423 g/mol. The largest absolute Gasteiger partial charge is 0.490 e. The van der Waals surface area contributed by atoms with Crippen molar-refractivity contribution in [3.05, 3.63) is 94.3 Å². The van der Waals surface area contributed by atoms with E-state index in [0.717, 1.165) is 33.9 Å². The maximum absolute atomic E-state index is 13.4. The molecule has 0 amide bonds. The molecule has 0 spiro atoms. The number of ether oxygens (including phenoxy) is 2. The van der Waals surface area contributed by atoms with E-state index in [9.17, 15) is 4.39 Å². The van der Waals surface area contributed by atoms with Gasteiger partial charge in [-0.25, -0.2) is 9.40 Å². The third-order valence-electron chi connectivity index (χ3n) is 5.39. The molecule has 30 heavy (non-hydrogen) atoms. The fraction of sp³-hybridized carbons (Fsp3) is 0.208. The van der Waals surface area contributed by atoms with Crippen LogP contribution in [0.1, 0.15) is 42.3 Å². The number of benzene rings is 3. The van der Waals surface area contributed by atoms with Gasteiger partial charge in [0, 0.05) is 22.6 Å². The molecule has 152 valence electrons. The summed E-state index contributed by atoms with van der Waals surface area (Å²) in [4.78, 5) is 0. The van der Waals surface area contributed by atoms with Crippen LogP contribution in [-0.2, 0) is 0 Å². The molecule has 0 aromatic heterocycles. The predicted molar refractivity (Wildman–Crippen MR) is 115 cm³/mol. The van der Waals surface area contributed by atoms with Gasteiger partial charge in [-0.2, -0.15) is 5.10 Å². The molecular weight excluding hydrogens is 403 g/mol. The van der Waals surface area contributed by atoms with Crippen LogP contribution in [0.4, 0.5) is 4.39 Å². The van der Waals surface area contributed by atoms with Crippen molar-refractivity contribution >= 4 is 17.3 Å². The molecule has 0 radical (unpaired) electrons. The molecule has 6 heteroatoms. The Bertz CT molecular complexity index is 1120. The molecule has 3 aromatic rings. The molecule has 5 rings (SSSR count). The molecule has 2 aliphatic rings. The highest BCUT2D eigenvalue weighted by atomic mass is 35.5. The standard InChI is InChI=1S/C24H20ClFN2O2/c1-2-29-22-8-4-7-19-21-14-20(15-9-11-18(26)12-10-15)27-28(21)24(30-23(19)22)16-5-3-6-17(25)13-16/h3-13,21,24H,2,14H2,1H3/t21-,24+/m0/s1. The number of halogens is 2. The number of rotatable bonds is 4. The van der Waals surface area contributed by atoms with Crippen LogP contribution >= 0.6 is 11.6 Å². The Kier molecular flexibility index (Phi) is 4.83. The van der Waals surface area contributed by atoms with Gasteiger partial charge in [-0.1, -0.05) is 48.0 Å². The van der Waals surface area contributed by atoms with Gasteiger partial charge in [-0.3, -0.25) is 0 Å². The van der Waals surface area contributed by atoms with Crippen molar-refractivity contribution in [2.45, 2.75) is 25.6 Å². The molecule has 0 aliphatic carbocycles. The van der Waals surface area contributed by atoms with Gasteiger partial charge in [0.25, 0.3) is 0 Å². The summed E-state index contributed by atoms with van der Waals surface area (Å²) in [5.41, 5.74) is 3.73. The first-order chi connectivity index (χ1) is 14.6. The van der Waals surface area contributed by atoms with Gasteiger partial charge in [0.15, 0.2) is 11.5 Å². The summed E-state index contributed by atoms with van der Waals surface area (Å²) >= 11 is 6.26. The second-order valence-electron chi connectivity index (χ2n) is 7.29. The quantitative estimate of drug-likeness (QED) is 0.508. The summed E-state index contributed by atoms with van der Waals surface area (Å²) in [6.07, 6.45) is 0.245. The zero-order valence-corrected chi connectivity index (χ0v) is 17.1. The van der Waals surface area contributed by atoms with Crippen molar-refractivity contribution in [1.82, 2.24) is 5.01 Å². The van der Waals surface area contributed by atoms with E-state index in [1.54, 1.807) is 12.1 Å². The maximum atomic E-state index is 13.4. The number of hydrazone groups is 1. The minimum Gasteiger partial charge on any atom is -0.490 e. The van der Waals surface area contributed by atoms with E-state index in [4.69, 9.17) is 26.2 Å². The highest BCUT2D eigenvalue weighted by Crippen LogP contribution is 2.50. The van der Waals surface area contributed by atoms with Gasteiger partial charge in [-0.15, -0.1) is 0 Å². The van der Waals surface area contributed by atoms with Gasteiger partial charge in [0.05, 0.1) is 18.4 Å². The molecule has 2 atom stereocenters. The Labute approximate surface area is 179 Å². The zero-order valence-electron chi connectivity index (χ0n) is 16.4. The van der Waals surface area contributed by atoms with Gasteiger partial charge in [-0.05, 0) is 42.8 Å². The van der Waals surface area contributed by atoms with Crippen molar-refractivity contribution in [1.29, 1.82) is 0 Å². The van der Waals surface area contributed by atoms with Crippen LogP contribution in [0.3, 0.4) is 0 Å². The molecule has 2 heterocycles. The lowest BCUT2D eigenvalue weighted by atomic mass is 9.95. The van der Waals surface area contributed by atoms with Crippen LogP contribution in [0.2, 0.25) is 5.02 Å². The summed E-state index contributed by atoms with van der Waals surface area (Å²) in [7, 11) is 0. The number of para-hydroxylation sites is 1. The molecule has 2 aliphatic heterocycles. The fourth-order valence-electron chi connectivity index (χ4n) is 4.05. The first kappa shape index (κ1) is 18.9. The summed E-state index contributed by atoms with van der Waals surface area (Å²) in [5, 5.41) is 7.50. The van der Waals surface area contributed by atoms with Gasteiger partial charge < -0.3 is 9.47 Å². The van der Waals surface area contributed by atoms with Crippen molar-refractivity contribution in [2.75, 3.05) is 6.61 Å². The van der Waals surface area contributed by atoms with E-state index in [-0.39, 0.29) is 11.9 Å². The minimum absolute atomic E-state index is 0.0156. The fourth-order valence-corrected chi connectivity index (χ4v) is 4.25. The number of hydrogen-bond acceptors (Lipinski definition) is 4. The van der Waals surface area contributed by atoms with Crippen LogP contribution in [-0.4, -0.2) is 17.3 Å². The highest BCUT2D eigenvalue weighted by molar-refractivity contribution is 6.30. The second-order valence-corrected chi connectivity index (χ2v) is 7.72. The number of hydrogen-bond donors (Lipinski definition) is 0. The van der Waals surface area contributed by atoms with Gasteiger partial charge in [0.1, 0.15) is 5.82 Å². The van der Waals surface area contributed by atoms with Crippen molar-refractivity contribution in [3.63, 3.8) is 0 Å². The topological polar surface area (TPSA) is 34.1 Å². The molecular formula is C24H20ClFN2O2. The molecule has 0 bridgehead atoms. The summed E-state index contributed by atoms with van der Waals surface area (Å²) in [6, 6.07) is 20.0. The van der Waals surface area contributed by atoms with Gasteiger partial charge in [0.2, 0.25) is 6.23 Å². The van der Waals surface area contributed by atoms with Crippen LogP contribution < -0.4 is 9.47 Å². The lowest BCUT2D eigenvalue weighted by Gasteiger charge is -2.38. The lowest BCUT2D eigenvalue weighted by Crippen LogP contribution is -2.33. The van der Waals surface area contributed by atoms with E-state index in [2.05, 4.69) is 0 Å². The predicted octanol–water partition coefficient (Wildman–Crippen LogP) is 6.12. The monoisotopic (exact) mass is 422 g/mol. The first-order valence-electron chi connectivity index (χ1n) is 9.93. The third kappa shape index (κ3) is 3.29. The van der Waals surface area contributed by atoms with E-state index in [1.165, 1.54) is 12.1 Å².